The smallest absolute Gasteiger partial charge is 0.225 e. The molecule has 0 aliphatic carbocycles. The molecule has 0 spiro atoms. The number of carbonyl (C=O) groups excluding carboxylic acids is 1. The number of halogens is 1. The molecule has 1 aromatic carbocycles. The number of fused-ring (bicyclic) bond motifs is 1. The number of guanidine groups is 1. The standard InChI is InChI=1S/C19H28N6O.HI/c1-13(2)18(26)25-10-9-14(12-25)22-19(20-3)21-11-17-23-15-7-5-6-8-16(15)24(17)4;/h5-8,13-14H,9-12H2,1-4H3,(H2,20,21,22);1H. The number of rotatable bonds is 4. The second-order valence-electron chi connectivity index (χ2n) is 7.07. The van der Waals surface area contributed by atoms with E-state index >= 15 is 0 Å². The molecule has 27 heavy (non-hydrogen) atoms. The number of hydrogen-bond acceptors (Lipinski definition) is 3. The molecule has 1 unspecified atom stereocenters. The molecule has 1 aliphatic rings. The Labute approximate surface area is 177 Å². The molecule has 2 aromatic rings. The Morgan fingerprint density at radius 1 is 1.37 bits per heavy atom. The van der Waals surface area contributed by atoms with Crippen LogP contribution in [0.3, 0.4) is 0 Å². The van der Waals surface area contributed by atoms with Gasteiger partial charge >= 0.3 is 0 Å². The molecule has 1 aliphatic heterocycles. The Kier molecular flexibility index (Phi) is 7.46. The van der Waals surface area contributed by atoms with Crippen LogP contribution in [0.4, 0.5) is 0 Å². The number of aromatic nitrogens is 2. The van der Waals surface area contributed by atoms with Crippen molar-refractivity contribution in [3.8, 4) is 0 Å². The van der Waals surface area contributed by atoms with Gasteiger partial charge in [0.05, 0.1) is 17.6 Å². The van der Waals surface area contributed by atoms with Crippen molar-refractivity contribution >= 4 is 46.9 Å². The summed E-state index contributed by atoms with van der Waals surface area (Å²) in [5.41, 5.74) is 2.11. The van der Waals surface area contributed by atoms with Crippen LogP contribution >= 0.6 is 24.0 Å². The molecular formula is C19H29IN6O. The topological polar surface area (TPSA) is 74.6 Å². The summed E-state index contributed by atoms with van der Waals surface area (Å²) >= 11 is 0. The summed E-state index contributed by atoms with van der Waals surface area (Å²) in [6, 6.07) is 8.33. The van der Waals surface area contributed by atoms with Crippen molar-refractivity contribution < 1.29 is 4.79 Å². The molecule has 1 atom stereocenters. The Hall–Kier alpha value is -1.84. The van der Waals surface area contributed by atoms with Gasteiger partial charge in [-0.1, -0.05) is 26.0 Å². The summed E-state index contributed by atoms with van der Waals surface area (Å²) in [7, 11) is 3.78. The minimum Gasteiger partial charge on any atom is -0.352 e. The van der Waals surface area contributed by atoms with Crippen molar-refractivity contribution in [3.05, 3.63) is 30.1 Å². The number of carbonyl (C=O) groups is 1. The number of amides is 1. The SMILES string of the molecule is CN=C(NCc1nc2ccccc2n1C)NC1CCN(C(=O)C(C)C)C1.I. The van der Waals surface area contributed by atoms with E-state index in [1.165, 1.54) is 0 Å². The van der Waals surface area contributed by atoms with Crippen molar-refractivity contribution in [2.45, 2.75) is 32.9 Å². The molecule has 1 saturated heterocycles. The number of benzene rings is 1. The lowest BCUT2D eigenvalue weighted by atomic mass is 10.2. The molecule has 0 bridgehead atoms. The van der Waals surface area contributed by atoms with E-state index in [1.54, 1.807) is 7.05 Å². The molecule has 1 fully saturated rings. The second kappa shape index (κ2) is 9.38. The molecule has 2 N–H and O–H groups in total. The number of aliphatic imine (C=N–C) groups is 1. The van der Waals surface area contributed by atoms with Crippen LogP contribution in [0.15, 0.2) is 29.3 Å². The average Bonchev–Trinajstić information content (AvgIpc) is 3.23. The first-order valence-corrected chi connectivity index (χ1v) is 9.16. The van der Waals surface area contributed by atoms with Gasteiger partial charge in [-0.2, -0.15) is 0 Å². The molecule has 0 radical (unpaired) electrons. The molecule has 3 rings (SSSR count). The zero-order valence-corrected chi connectivity index (χ0v) is 18.7. The maximum absolute atomic E-state index is 12.1. The number of hydrogen-bond donors (Lipinski definition) is 2. The zero-order valence-electron chi connectivity index (χ0n) is 16.4. The van der Waals surface area contributed by atoms with Gasteiger partial charge in [-0.3, -0.25) is 9.79 Å². The predicted molar refractivity (Wildman–Crippen MR) is 119 cm³/mol. The minimum absolute atomic E-state index is 0. The van der Waals surface area contributed by atoms with Crippen LogP contribution < -0.4 is 10.6 Å². The first kappa shape index (κ1) is 21.5. The molecule has 8 heteroatoms. The number of aryl methyl sites for hydroxylation is 1. The van der Waals surface area contributed by atoms with Gasteiger partial charge in [0.25, 0.3) is 0 Å². The molecular weight excluding hydrogens is 455 g/mol. The maximum atomic E-state index is 12.1. The zero-order chi connectivity index (χ0) is 18.7. The highest BCUT2D eigenvalue weighted by atomic mass is 127. The van der Waals surface area contributed by atoms with E-state index in [1.807, 2.05) is 44.0 Å². The number of likely N-dealkylation sites (tertiary alicyclic amines) is 1. The van der Waals surface area contributed by atoms with Crippen LogP contribution in [0.1, 0.15) is 26.1 Å². The summed E-state index contributed by atoms with van der Waals surface area (Å²) in [4.78, 5) is 23.0. The Bertz CT molecular complexity index is 816. The minimum atomic E-state index is 0. The van der Waals surface area contributed by atoms with Gasteiger partial charge < -0.3 is 20.1 Å². The third-order valence-electron chi connectivity index (χ3n) is 4.85. The molecule has 0 saturated carbocycles. The summed E-state index contributed by atoms with van der Waals surface area (Å²) in [6.07, 6.45) is 0.936. The van der Waals surface area contributed by atoms with Gasteiger partial charge in [0.15, 0.2) is 5.96 Å². The molecule has 1 amide bonds. The summed E-state index contributed by atoms with van der Waals surface area (Å²) < 4.78 is 2.09. The Balaban J connectivity index is 0.00000261. The van der Waals surface area contributed by atoms with E-state index in [0.717, 1.165) is 42.3 Å². The van der Waals surface area contributed by atoms with Crippen molar-refractivity contribution in [1.82, 2.24) is 25.1 Å². The Morgan fingerprint density at radius 2 is 2.11 bits per heavy atom. The van der Waals surface area contributed by atoms with E-state index in [-0.39, 0.29) is 41.8 Å². The fourth-order valence-corrected chi connectivity index (χ4v) is 3.35. The van der Waals surface area contributed by atoms with Gasteiger partial charge in [-0.25, -0.2) is 4.98 Å². The van der Waals surface area contributed by atoms with Crippen molar-refractivity contribution in [2.24, 2.45) is 18.0 Å². The van der Waals surface area contributed by atoms with Crippen LogP contribution in [-0.4, -0.2) is 52.5 Å². The lowest BCUT2D eigenvalue weighted by molar-refractivity contribution is -0.133. The first-order chi connectivity index (χ1) is 12.5. The van der Waals surface area contributed by atoms with Gasteiger partial charge in [-0.15, -0.1) is 24.0 Å². The van der Waals surface area contributed by atoms with E-state index in [9.17, 15) is 4.79 Å². The molecule has 7 nitrogen and oxygen atoms in total. The van der Waals surface area contributed by atoms with Crippen LogP contribution in [0.5, 0.6) is 0 Å². The normalized spacial score (nSPS) is 17.3. The van der Waals surface area contributed by atoms with Crippen molar-refractivity contribution in [2.75, 3.05) is 20.1 Å². The Morgan fingerprint density at radius 3 is 2.78 bits per heavy atom. The van der Waals surface area contributed by atoms with Crippen molar-refractivity contribution in [3.63, 3.8) is 0 Å². The number of para-hydroxylation sites is 2. The lowest BCUT2D eigenvalue weighted by Gasteiger charge is -2.20. The quantitative estimate of drug-likeness (QED) is 0.396. The van der Waals surface area contributed by atoms with Crippen LogP contribution in [0.25, 0.3) is 11.0 Å². The van der Waals surface area contributed by atoms with Gasteiger partial charge in [0.1, 0.15) is 5.82 Å². The number of imidazole rings is 1. The summed E-state index contributed by atoms with van der Waals surface area (Å²) in [5.74, 6) is 1.96. The van der Waals surface area contributed by atoms with E-state index < -0.39 is 0 Å². The summed E-state index contributed by atoms with van der Waals surface area (Å²) in [6.45, 7) is 6.01. The highest BCUT2D eigenvalue weighted by Crippen LogP contribution is 2.14. The number of nitrogens with one attached hydrogen (secondary N) is 2. The third-order valence-corrected chi connectivity index (χ3v) is 4.85. The van der Waals surface area contributed by atoms with Crippen molar-refractivity contribution in [1.29, 1.82) is 0 Å². The van der Waals surface area contributed by atoms with Gasteiger partial charge in [0, 0.05) is 39.1 Å². The average molecular weight is 484 g/mol. The van der Waals surface area contributed by atoms with Crippen LogP contribution in [0, 0.1) is 5.92 Å². The first-order valence-electron chi connectivity index (χ1n) is 9.16. The van der Waals surface area contributed by atoms with Crippen LogP contribution in [0.2, 0.25) is 0 Å². The monoisotopic (exact) mass is 484 g/mol. The highest BCUT2D eigenvalue weighted by Gasteiger charge is 2.28. The summed E-state index contributed by atoms with van der Waals surface area (Å²) in [5, 5.41) is 6.75. The maximum Gasteiger partial charge on any atom is 0.225 e. The van der Waals surface area contributed by atoms with Crippen LogP contribution in [-0.2, 0) is 18.4 Å². The second-order valence-corrected chi connectivity index (χ2v) is 7.07. The molecule has 1 aromatic heterocycles. The number of nitrogens with zero attached hydrogens (tertiary/aromatic N) is 4. The molecule has 2 heterocycles. The fraction of sp³-hybridized carbons (Fsp3) is 0.526. The van der Waals surface area contributed by atoms with Gasteiger partial charge in [-0.05, 0) is 18.6 Å². The van der Waals surface area contributed by atoms with E-state index in [4.69, 9.17) is 0 Å². The van der Waals surface area contributed by atoms with E-state index in [2.05, 4.69) is 31.2 Å². The third kappa shape index (κ3) is 4.91. The fourth-order valence-electron chi connectivity index (χ4n) is 3.35. The highest BCUT2D eigenvalue weighted by molar-refractivity contribution is 14.0. The largest absolute Gasteiger partial charge is 0.352 e. The lowest BCUT2D eigenvalue weighted by Crippen LogP contribution is -2.45. The van der Waals surface area contributed by atoms with E-state index in [0.29, 0.717) is 6.54 Å². The molecule has 148 valence electrons. The predicted octanol–water partition coefficient (Wildman–Crippen LogP) is 2.11. The van der Waals surface area contributed by atoms with Gasteiger partial charge in [0.2, 0.25) is 5.91 Å².